The van der Waals surface area contributed by atoms with E-state index in [1.165, 1.54) is 23.1 Å². The summed E-state index contributed by atoms with van der Waals surface area (Å²) in [5.41, 5.74) is 1.28. The second kappa shape index (κ2) is 7.87. The standard InChI is InChI=1S/C18H17N5O5S/c24-18(20-13-1-3-14(4-2-13)23-12-19-21-22-23)7-10-29(25,26)15-5-6-16-17(11-15)28-9-8-27-16/h1-6,11-12H,7-10H2,(H,20,24). The Balaban J connectivity index is 1.36. The number of carbonyl (C=O) groups is 1. The van der Waals surface area contributed by atoms with Crippen molar-refractivity contribution in [1.82, 2.24) is 20.2 Å². The van der Waals surface area contributed by atoms with Gasteiger partial charge in [0.25, 0.3) is 0 Å². The van der Waals surface area contributed by atoms with E-state index in [-0.39, 0.29) is 17.1 Å². The molecular formula is C18H17N5O5S. The summed E-state index contributed by atoms with van der Waals surface area (Å²) in [6, 6.07) is 11.3. The molecule has 1 N–H and O–H groups in total. The van der Waals surface area contributed by atoms with Crippen LogP contribution in [0.1, 0.15) is 6.42 Å². The summed E-state index contributed by atoms with van der Waals surface area (Å²) >= 11 is 0. The largest absolute Gasteiger partial charge is 0.486 e. The zero-order chi connectivity index (χ0) is 20.3. The third-order valence-corrected chi connectivity index (χ3v) is 5.95. The monoisotopic (exact) mass is 415 g/mol. The van der Waals surface area contributed by atoms with E-state index in [9.17, 15) is 13.2 Å². The first-order chi connectivity index (χ1) is 14.0. The van der Waals surface area contributed by atoms with Crippen LogP contribution in [0, 0.1) is 0 Å². The van der Waals surface area contributed by atoms with Gasteiger partial charge in [-0.1, -0.05) is 0 Å². The maximum Gasteiger partial charge on any atom is 0.225 e. The van der Waals surface area contributed by atoms with Crippen molar-refractivity contribution in [3.8, 4) is 17.2 Å². The molecule has 0 spiro atoms. The Hall–Kier alpha value is -3.47. The van der Waals surface area contributed by atoms with Crippen LogP contribution in [-0.4, -0.2) is 53.5 Å². The highest BCUT2D eigenvalue weighted by Crippen LogP contribution is 2.32. The molecule has 2 aromatic carbocycles. The SMILES string of the molecule is O=C(CCS(=O)(=O)c1ccc2c(c1)OCCO2)Nc1ccc(-n2cnnn2)cc1. The quantitative estimate of drug-likeness (QED) is 0.637. The Labute approximate surface area is 166 Å². The van der Waals surface area contributed by atoms with Crippen molar-refractivity contribution in [3.63, 3.8) is 0 Å². The second-order valence-electron chi connectivity index (χ2n) is 6.22. The summed E-state index contributed by atoms with van der Waals surface area (Å²) in [4.78, 5) is 12.3. The van der Waals surface area contributed by atoms with Crippen LogP contribution < -0.4 is 14.8 Å². The number of anilines is 1. The minimum atomic E-state index is -3.64. The van der Waals surface area contributed by atoms with E-state index in [0.717, 1.165) is 5.69 Å². The molecule has 1 amide bonds. The molecule has 2 heterocycles. The highest BCUT2D eigenvalue weighted by molar-refractivity contribution is 7.91. The van der Waals surface area contributed by atoms with Gasteiger partial charge in [0.05, 0.1) is 16.3 Å². The molecule has 0 radical (unpaired) electrons. The van der Waals surface area contributed by atoms with Crippen molar-refractivity contribution < 1.29 is 22.7 Å². The molecule has 29 heavy (non-hydrogen) atoms. The minimum Gasteiger partial charge on any atom is -0.486 e. The van der Waals surface area contributed by atoms with E-state index < -0.39 is 15.7 Å². The van der Waals surface area contributed by atoms with Crippen molar-refractivity contribution in [2.75, 3.05) is 24.3 Å². The highest BCUT2D eigenvalue weighted by Gasteiger charge is 2.20. The third-order valence-electron chi connectivity index (χ3n) is 4.24. The molecular weight excluding hydrogens is 398 g/mol. The van der Waals surface area contributed by atoms with E-state index in [1.807, 2.05) is 0 Å². The van der Waals surface area contributed by atoms with Crippen molar-refractivity contribution in [2.24, 2.45) is 0 Å². The first-order valence-corrected chi connectivity index (χ1v) is 10.4. The Morgan fingerprint density at radius 3 is 2.55 bits per heavy atom. The Kier molecular flexibility index (Phi) is 5.12. The van der Waals surface area contributed by atoms with E-state index in [4.69, 9.17) is 9.47 Å². The smallest absolute Gasteiger partial charge is 0.225 e. The fourth-order valence-electron chi connectivity index (χ4n) is 2.76. The predicted octanol–water partition coefficient (Wildman–Crippen LogP) is 1.24. The van der Waals surface area contributed by atoms with Crippen LogP contribution in [0.5, 0.6) is 11.5 Å². The van der Waals surface area contributed by atoms with Gasteiger partial charge in [-0.3, -0.25) is 4.79 Å². The predicted molar refractivity (Wildman–Crippen MR) is 102 cm³/mol. The number of aromatic nitrogens is 4. The van der Waals surface area contributed by atoms with Gasteiger partial charge in [-0.05, 0) is 46.8 Å². The number of fused-ring (bicyclic) bond motifs is 1. The summed E-state index contributed by atoms with van der Waals surface area (Å²) in [6.45, 7) is 0.793. The first-order valence-electron chi connectivity index (χ1n) is 8.77. The number of tetrazole rings is 1. The van der Waals surface area contributed by atoms with Crippen LogP contribution in [0.4, 0.5) is 5.69 Å². The summed E-state index contributed by atoms with van der Waals surface area (Å²) in [6.07, 6.45) is 1.28. The van der Waals surface area contributed by atoms with E-state index in [1.54, 1.807) is 30.3 Å². The van der Waals surface area contributed by atoms with Gasteiger partial charge >= 0.3 is 0 Å². The second-order valence-corrected chi connectivity index (χ2v) is 8.33. The average Bonchev–Trinajstić information content (AvgIpc) is 3.27. The number of hydrogen-bond acceptors (Lipinski definition) is 8. The fraction of sp³-hybridized carbons (Fsp3) is 0.222. The Bertz CT molecular complexity index is 1110. The van der Waals surface area contributed by atoms with Gasteiger partial charge in [0.1, 0.15) is 19.5 Å². The summed E-state index contributed by atoms with van der Waals surface area (Å²) in [5.74, 6) is 0.185. The lowest BCUT2D eigenvalue weighted by atomic mass is 10.2. The third kappa shape index (κ3) is 4.35. The van der Waals surface area contributed by atoms with Crippen LogP contribution in [0.3, 0.4) is 0 Å². The maximum absolute atomic E-state index is 12.6. The van der Waals surface area contributed by atoms with Gasteiger partial charge in [-0.25, -0.2) is 13.1 Å². The molecule has 0 saturated heterocycles. The van der Waals surface area contributed by atoms with Gasteiger partial charge in [0, 0.05) is 18.2 Å². The van der Waals surface area contributed by atoms with Crippen molar-refractivity contribution >= 4 is 21.4 Å². The van der Waals surface area contributed by atoms with Crippen LogP contribution >= 0.6 is 0 Å². The van der Waals surface area contributed by atoms with Crippen LogP contribution in [-0.2, 0) is 14.6 Å². The zero-order valence-electron chi connectivity index (χ0n) is 15.2. The molecule has 11 heteroatoms. The number of nitrogens with zero attached hydrogens (tertiary/aromatic N) is 4. The number of rotatable bonds is 6. The van der Waals surface area contributed by atoms with Crippen molar-refractivity contribution in [2.45, 2.75) is 11.3 Å². The molecule has 10 nitrogen and oxygen atoms in total. The van der Waals surface area contributed by atoms with E-state index >= 15 is 0 Å². The molecule has 0 saturated carbocycles. The van der Waals surface area contributed by atoms with Crippen molar-refractivity contribution in [1.29, 1.82) is 0 Å². The Morgan fingerprint density at radius 1 is 1.07 bits per heavy atom. The van der Waals surface area contributed by atoms with E-state index in [0.29, 0.717) is 30.4 Å². The molecule has 150 valence electrons. The lowest BCUT2D eigenvalue weighted by molar-refractivity contribution is -0.115. The number of benzene rings is 2. The first kappa shape index (κ1) is 18.9. The number of carbonyl (C=O) groups excluding carboxylic acids is 1. The maximum atomic E-state index is 12.6. The molecule has 1 aliphatic rings. The summed E-state index contributed by atoms with van der Waals surface area (Å²) in [7, 11) is -3.64. The van der Waals surface area contributed by atoms with E-state index in [2.05, 4.69) is 20.8 Å². The molecule has 0 fully saturated rings. The number of ether oxygens (including phenoxy) is 2. The molecule has 0 bridgehead atoms. The van der Waals surface area contributed by atoms with Gasteiger partial charge in [0.2, 0.25) is 5.91 Å². The number of hydrogen-bond donors (Lipinski definition) is 1. The summed E-state index contributed by atoms with van der Waals surface area (Å²) in [5, 5.41) is 13.6. The highest BCUT2D eigenvalue weighted by atomic mass is 32.2. The molecule has 3 aromatic rings. The summed E-state index contributed by atoms with van der Waals surface area (Å²) < 4.78 is 37.4. The van der Waals surface area contributed by atoms with Crippen LogP contribution in [0.15, 0.2) is 53.7 Å². The minimum absolute atomic E-state index is 0.0975. The Morgan fingerprint density at radius 2 is 1.83 bits per heavy atom. The molecule has 4 rings (SSSR count). The van der Waals surface area contributed by atoms with Gasteiger partial charge in [-0.15, -0.1) is 5.10 Å². The van der Waals surface area contributed by atoms with Crippen molar-refractivity contribution in [3.05, 3.63) is 48.8 Å². The van der Waals surface area contributed by atoms with Gasteiger partial charge in [0.15, 0.2) is 21.3 Å². The average molecular weight is 415 g/mol. The lowest BCUT2D eigenvalue weighted by Crippen LogP contribution is -2.18. The lowest BCUT2D eigenvalue weighted by Gasteiger charge is -2.18. The zero-order valence-corrected chi connectivity index (χ0v) is 16.0. The normalized spacial score (nSPS) is 13.1. The number of sulfone groups is 1. The van der Waals surface area contributed by atoms with Gasteiger partial charge in [-0.2, -0.15) is 0 Å². The number of nitrogens with one attached hydrogen (secondary N) is 1. The molecule has 0 aliphatic carbocycles. The molecule has 0 atom stereocenters. The molecule has 1 aliphatic heterocycles. The fourth-order valence-corrected chi connectivity index (χ4v) is 4.01. The van der Waals surface area contributed by atoms with Crippen LogP contribution in [0.25, 0.3) is 5.69 Å². The van der Waals surface area contributed by atoms with Crippen LogP contribution in [0.2, 0.25) is 0 Å². The molecule has 1 aromatic heterocycles. The topological polar surface area (TPSA) is 125 Å². The van der Waals surface area contributed by atoms with Gasteiger partial charge < -0.3 is 14.8 Å². The molecule has 0 unspecified atom stereocenters. The number of amides is 1.